The zero-order valence-electron chi connectivity index (χ0n) is 41.2. The largest absolute Gasteiger partial charge is 0.456 e. The van der Waals surface area contributed by atoms with Gasteiger partial charge >= 0.3 is 0 Å². The van der Waals surface area contributed by atoms with Crippen molar-refractivity contribution >= 4 is 133 Å². The monoisotopic (exact) mass is 1110 g/mol. The predicted octanol–water partition coefficient (Wildman–Crippen LogP) is 17.8. The van der Waals surface area contributed by atoms with Gasteiger partial charge in [0.25, 0.3) is 0 Å². The number of pyridine rings is 3. The molecule has 14 nitrogen and oxygen atoms in total. The molecule has 82 heavy (non-hydrogen) atoms. The molecule has 7 aromatic carbocycles. The van der Waals surface area contributed by atoms with E-state index in [1.54, 1.807) is 18.6 Å². The quantitative estimate of drug-likeness (QED) is 0.178. The van der Waals surface area contributed by atoms with Crippen LogP contribution in [0.2, 0.25) is 10.6 Å². The Bertz CT molecular complexity index is 4930. The van der Waals surface area contributed by atoms with Crippen LogP contribution in [0.5, 0.6) is 0 Å². The minimum Gasteiger partial charge on any atom is -0.456 e. The summed E-state index contributed by atoms with van der Waals surface area (Å²) in [7, 11) is 0. The van der Waals surface area contributed by atoms with Crippen LogP contribution in [0.3, 0.4) is 0 Å². The van der Waals surface area contributed by atoms with Crippen LogP contribution in [0.1, 0.15) is 22.3 Å². The van der Waals surface area contributed by atoms with E-state index in [2.05, 4.69) is 91.6 Å². The van der Waals surface area contributed by atoms with E-state index in [9.17, 15) is 0 Å². The van der Waals surface area contributed by atoms with Crippen LogP contribution in [-0.2, 0) is 0 Å². The molecule has 0 saturated carbocycles. The van der Waals surface area contributed by atoms with Crippen LogP contribution in [-0.4, -0.2) is 59.0 Å². The zero-order valence-corrected chi connectivity index (χ0v) is 42.7. The number of furan rings is 2. The van der Waals surface area contributed by atoms with Crippen LogP contribution >= 0.6 is 23.2 Å². The highest BCUT2D eigenvalue weighted by Crippen LogP contribution is 2.36. The lowest BCUT2D eigenvalue weighted by molar-refractivity contribution is 0.668. The first kappa shape index (κ1) is 52.3. The molecule has 0 amide bonds. The van der Waals surface area contributed by atoms with Gasteiger partial charge in [0, 0.05) is 89.1 Å². The molecule has 17 aromatic rings. The number of nitrogens with zero attached hydrogens (tertiary/aromatic N) is 11. The minimum atomic E-state index is 0. The molecule has 0 fully saturated rings. The highest BCUT2D eigenvalue weighted by Gasteiger charge is 2.22. The van der Waals surface area contributed by atoms with Gasteiger partial charge in [-0.15, -0.1) is 0 Å². The molecule has 0 aliphatic carbocycles. The first-order valence-electron chi connectivity index (χ1n) is 25.1. The number of para-hydroxylation sites is 5. The Morgan fingerprint density at radius 1 is 0.341 bits per heavy atom. The van der Waals surface area contributed by atoms with Crippen molar-refractivity contribution in [3.8, 4) is 34.7 Å². The van der Waals surface area contributed by atoms with Gasteiger partial charge in [0.05, 0.1) is 11.0 Å². The topological polar surface area (TPSA) is 168 Å². The number of benzene rings is 7. The van der Waals surface area contributed by atoms with Crippen LogP contribution in [0, 0.1) is 0 Å². The third kappa shape index (κ3) is 8.92. The van der Waals surface area contributed by atoms with E-state index < -0.39 is 0 Å². The van der Waals surface area contributed by atoms with E-state index >= 15 is 0 Å². The first-order chi connectivity index (χ1) is 39.0. The molecular formula is C66H48Cl2N12O2. The van der Waals surface area contributed by atoms with Crippen molar-refractivity contribution in [3.63, 3.8) is 0 Å². The lowest BCUT2D eigenvalue weighted by atomic mass is 10.1. The molecule has 0 radical (unpaired) electrons. The van der Waals surface area contributed by atoms with E-state index in [0.29, 0.717) is 23.5 Å². The van der Waals surface area contributed by atoms with Crippen molar-refractivity contribution < 1.29 is 8.83 Å². The Balaban J connectivity index is 0.000000148. The van der Waals surface area contributed by atoms with Crippen LogP contribution in [0.4, 0.5) is 0 Å². The van der Waals surface area contributed by atoms with Crippen LogP contribution in [0.25, 0.3) is 144 Å². The third-order valence-electron chi connectivity index (χ3n) is 14.0. The van der Waals surface area contributed by atoms with Gasteiger partial charge in [-0.25, -0.2) is 15.0 Å². The smallest absolute Gasteiger partial charge is 0.241 e. The Hall–Kier alpha value is -10.4. The molecule has 398 valence electrons. The average molecular weight is 1110 g/mol. The SMILES string of the molecule is C.C.C.Clc1nc(Cl)nc(-c2ccc3c(c2)oc2ccccc23)n1.c1ccc2c(c1)[nH]c1ncccc12.c1ccc2c(c1)oc1cc(-c3nc(-n4c5ccccc5c5cccnc54)nc(-n4c5ccccc5c5cccnc54)n3)ccc12. The van der Waals surface area contributed by atoms with Gasteiger partial charge < -0.3 is 13.8 Å². The van der Waals surface area contributed by atoms with Gasteiger partial charge in [0.2, 0.25) is 22.5 Å². The number of hydrogen-bond donors (Lipinski definition) is 1. The molecule has 0 spiro atoms. The van der Waals surface area contributed by atoms with E-state index in [0.717, 1.165) is 110 Å². The summed E-state index contributed by atoms with van der Waals surface area (Å²) >= 11 is 11.6. The summed E-state index contributed by atoms with van der Waals surface area (Å²) < 4.78 is 16.1. The summed E-state index contributed by atoms with van der Waals surface area (Å²) in [6.45, 7) is 0. The first-order valence-corrected chi connectivity index (χ1v) is 25.9. The second kappa shape index (κ2) is 21.3. The minimum absolute atomic E-state index is 0. The molecule has 0 unspecified atom stereocenters. The van der Waals surface area contributed by atoms with Crippen LogP contribution < -0.4 is 0 Å². The molecule has 1 N–H and O–H groups in total. The molecule has 0 atom stereocenters. The van der Waals surface area contributed by atoms with Gasteiger partial charge in [-0.1, -0.05) is 125 Å². The van der Waals surface area contributed by atoms with E-state index in [-0.39, 0.29) is 32.8 Å². The fraction of sp³-hybridized carbons (Fsp3) is 0.0455. The van der Waals surface area contributed by atoms with Crippen molar-refractivity contribution in [2.45, 2.75) is 22.3 Å². The standard InChI is InChI=1S/C37H21N7O.C15H7Cl2N3O.C11H8N2.3CH4/c1-4-14-29-23(9-1)27-12-7-19-38-34(27)43(29)36-40-33(22-17-18-26-25-11-3-6-16-31(25)45-32(26)21-22)41-37(42-36)44-30-15-5-2-10-24(30)28-13-8-20-39-35(28)44;16-14-18-13(19-15(17)20-14)8-5-6-10-9-3-1-2-4-11(9)21-12(10)7-8;1-2-6-10-8(4-1)9-5-3-7-12-11(9)13-10;;;/h1-21H;1-7H;1-7H,(H,12,13);3*1H4. The van der Waals surface area contributed by atoms with E-state index in [1.165, 1.54) is 10.8 Å². The third-order valence-corrected chi connectivity index (χ3v) is 14.3. The van der Waals surface area contributed by atoms with Crippen molar-refractivity contribution in [1.29, 1.82) is 0 Å². The number of nitrogens with one attached hydrogen (secondary N) is 1. The van der Waals surface area contributed by atoms with Crippen molar-refractivity contribution in [1.82, 2.24) is 59.0 Å². The number of halogens is 2. The molecular weight excluding hydrogens is 1060 g/mol. The summed E-state index contributed by atoms with van der Waals surface area (Å²) in [5.41, 5.74) is 10.4. The number of rotatable bonds is 4. The molecule has 0 saturated heterocycles. The second-order valence-electron chi connectivity index (χ2n) is 18.6. The molecule has 0 aliphatic rings. The van der Waals surface area contributed by atoms with Gasteiger partial charge in [-0.05, 0) is 114 Å². The Morgan fingerprint density at radius 2 is 0.756 bits per heavy atom. The van der Waals surface area contributed by atoms with Crippen molar-refractivity contribution in [3.05, 3.63) is 223 Å². The molecule has 0 aliphatic heterocycles. The van der Waals surface area contributed by atoms with Crippen molar-refractivity contribution in [2.24, 2.45) is 0 Å². The molecule has 16 heteroatoms. The maximum absolute atomic E-state index is 6.25. The summed E-state index contributed by atoms with van der Waals surface area (Å²) in [5.74, 6) is 1.86. The normalized spacial score (nSPS) is 11.2. The molecule has 17 rings (SSSR count). The zero-order chi connectivity index (χ0) is 52.6. The summed E-state index contributed by atoms with van der Waals surface area (Å²) in [5, 5.41) is 11.0. The Kier molecular flexibility index (Phi) is 13.6. The maximum atomic E-state index is 6.25. The number of aromatic amines is 1. The predicted molar refractivity (Wildman–Crippen MR) is 333 cm³/mol. The highest BCUT2D eigenvalue weighted by atomic mass is 35.5. The Labute approximate surface area is 478 Å². The number of hydrogen-bond acceptors (Lipinski definition) is 11. The van der Waals surface area contributed by atoms with E-state index in [4.69, 9.17) is 57.0 Å². The van der Waals surface area contributed by atoms with Gasteiger partial charge in [0.1, 0.15) is 39.3 Å². The molecule has 10 aromatic heterocycles. The Morgan fingerprint density at radius 3 is 1.29 bits per heavy atom. The van der Waals surface area contributed by atoms with Gasteiger partial charge in [0.15, 0.2) is 11.6 Å². The lowest BCUT2D eigenvalue weighted by Crippen LogP contribution is -2.10. The summed E-state index contributed by atoms with van der Waals surface area (Å²) in [6.07, 6.45) is 5.40. The van der Waals surface area contributed by atoms with Gasteiger partial charge in [-0.3, -0.25) is 9.13 Å². The van der Waals surface area contributed by atoms with Crippen molar-refractivity contribution in [2.75, 3.05) is 0 Å². The number of aromatic nitrogens is 12. The average Bonchev–Trinajstić information content (AvgIpc) is 4.50. The summed E-state index contributed by atoms with van der Waals surface area (Å²) in [4.78, 5) is 44.3. The highest BCUT2D eigenvalue weighted by molar-refractivity contribution is 6.31. The number of H-pyrrole nitrogens is 1. The van der Waals surface area contributed by atoms with E-state index in [1.807, 2.05) is 137 Å². The maximum Gasteiger partial charge on any atom is 0.241 e. The fourth-order valence-corrected chi connectivity index (χ4v) is 10.9. The summed E-state index contributed by atoms with van der Waals surface area (Å²) in [6, 6.07) is 64.7. The van der Waals surface area contributed by atoms with Crippen LogP contribution in [0.15, 0.2) is 222 Å². The molecule has 0 bridgehead atoms. The molecule has 10 heterocycles. The fourth-order valence-electron chi connectivity index (χ4n) is 10.5. The lowest BCUT2D eigenvalue weighted by Gasteiger charge is -2.12. The number of fused-ring (bicyclic) bond motifs is 15. The second-order valence-corrected chi connectivity index (χ2v) is 19.3. The van der Waals surface area contributed by atoms with Gasteiger partial charge in [-0.2, -0.15) is 29.9 Å².